The largest absolute Gasteiger partial charge is 0.135 e. The van der Waals surface area contributed by atoms with E-state index >= 15 is 0 Å². The van der Waals surface area contributed by atoms with E-state index < -0.39 is 0 Å². The summed E-state index contributed by atoms with van der Waals surface area (Å²) in [6.07, 6.45) is 0. The summed E-state index contributed by atoms with van der Waals surface area (Å²) in [7, 11) is 0. The van der Waals surface area contributed by atoms with Crippen LogP contribution in [0.2, 0.25) is 0 Å². The molecule has 242 valence electrons. The predicted octanol–water partition coefficient (Wildman–Crippen LogP) is 15.4. The normalized spacial score (nSPS) is 11.8. The molecule has 0 atom stereocenters. The van der Waals surface area contributed by atoms with E-state index in [4.69, 9.17) is 0 Å². The van der Waals surface area contributed by atoms with E-state index in [0.717, 1.165) is 0 Å². The first kappa shape index (κ1) is 29.6. The monoisotopic (exact) mass is 694 g/mol. The standard InChI is InChI=1S/C50H30S2/c1-3-16-32(17-4-1)44-48-43(51-49(44)33-18-5-2-6-19-33)30-29-42-47(48)41-28-14-27-40(50(41)52-42)46-38-24-11-9-22-36(38)45(37-23-10-12-25-39(37)46)35-26-13-20-31-15-7-8-21-34(31)35/h1-30H. The van der Waals surface area contributed by atoms with Crippen LogP contribution in [0.15, 0.2) is 182 Å². The Morgan fingerprint density at radius 1 is 0.288 bits per heavy atom. The maximum atomic E-state index is 2.35. The molecule has 0 aliphatic rings. The van der Waals surface area contributed by atoms with Crippen LogP contribution >= 0.6 is 22.7 Å². The Labute approximate surface area is 309 Å². The van der Waals surface area contributed by atoms with Gasteiger partial charge in [-0.3, -0.25) is 0 Å². The summed E-state index contributed by atoms with van der Waals surface area (Å²) in [6.45, 7) is 0. The third kappa shape index (κ3) is 4.38. The zero-order valence-corrected chi connectivity index (χ0v) is 29.8. The first-order valence-electron chi connectivity index (χ1n) is 17.8. The molecule has 9 aromatic carbocycles. The Morgan fingerprint density at radius 3 is 1.44 bits per heavy atom. The van der Waals surface area contributed by atoms with Crippen molar-refractivity contribution >= 4 is 85.2 Å². The molecule has 0 fully saturated rings. The highest BCUT2D eigenvalue weighted by atomic mass is 32.1. The van der Waals surface area contributed by atoms with Crippen LogP contribution in [0.1, 0.15) is 0 Å². The number of hydrogen-bond donors (Lipinski definition) is 0. The Balaban J connectivity index is 1.25. The van der Waals surface area contributed by atoms with Crippen molar-refractivity contribution in [2.24, 2.45) is 0 Å². The average Bonchev–Trinajstić information content (AvgIpc) is 3.80. The zero-order chi connectivity index (χ0) is 34.2. The molecular formula is C50H30S2. The minimum absolute atomic E-state index is 1.26. The molecule has 0 spiro atoms. The van der Waals surface area contributed by atoms with Gasteiger partial charge in [0.1, 0.15) is 0 Å². The molecular weight excluding hydrogens is 665 g/mol. The first-order valence-corrected chi connectivity index (χ1v) is 19.4. The Bertz CT molecular complexity index is 3100. The molecule has 11 aromatic rings. The predicted molar refractivity (Wildman–Crippen MR) is 229 cm³/mol. The summed E-state index contributed by atoms with van der Waals surface area (Å²) >= 11 is 3.84. The molecule has 0 unspecified atom stereocenters. The molecule has 0 bridgehead atoms. The molecule has 0 nitrogen and oxygen atoms in total. The van der Waals surface area contributed by atoms with Crippen LogP contribution in [0.25, 0.3) is 106 Å². The molecule has 0 saturated carbocycles. The summed E-state index contributed by atoms with van der Waals surface area (Å²) in [5, 5.41) is 11.7. The highest BCUT2D eigenvalue weighted by molar-refractivity contribution is 7.27. The highest BCUT2D eigenvalue weighted by Gasteiger charge is 2.23. The van der Waals surface area contributed by atoms with Crippen molar-refractivity contribution < 1.29 is 0 Å². The smallest absolute Gasteiger partial charge is 0.0434 e. The van der Waals surface area contributed by atoms with E-state index in [2.05, 4.69) is 182 Å². The van der Waals surface area contributed by atoms with Gasteiger partial charge in [0.2, 0.25) is 0 Å². The van der Waals surface area contributed by atoms with Crippen LogP contribution in [0, 0.1) is 0 Å². The summed E-state index contributed by atoms with van der Waals surface area (Å²) in [6, 6.07) is 67.1. The van der Waals surface area contributed by atoms with Gasteiger partial charge in [0.25, 0.3) is 0 Å². The molecule has 0 aliphatic heterocycles. The summed E-state index contributed by atoms with van der Waals surface area (Å²) in [5.74, 6) is 0. The van der Waals surface area contributed by atoms with Crippen molar-refractivity contribution in [1.82, 2.24) is 0 Å². The molecule has 52 heavy (non-hydrogen) atoms. The topological polar surface area (TPSA) is 0 Å². The molecule has 0 aliphatic carbocycles. The molecule has 0 radical (unpaired) electrons. The Morgan fingerprint density at radius 2 is 0.769 bits per heavy atom. The fourth-order valence-corrected chi connectivity index (χ4v) is 11.0. The number of hydrogen-bond acceptors (Lipinski definition) is 2. The zero-order valence-electron chi connectivity index (χ0n) is 28.1. The average molecular weight is 695 g/mol. The highest BCUT2D eigenvalue weighted by Crippen LogP contribution is 2.53. The number of rotatable bonds is 4. The van der Waals surface area contributed by atoms with Crippen molar-refractivity contribution in [1.29, 1.82) is 0 Å². The van der Waals surface area contributed by atoms with Crippen molar-refractivity contribution in [2.75, 3.05) is 0 Å². The van der Waals surface area contributed by atoms with Gasteiger partial charge in [0.05, 0.1) is 0 Å². The van der Waals surface area contributed by atoms with Crippen LogP contribution < -0.4 is 0 Å². The van der Waals surface area contributed by atoms with E-state index in [1.165, 1.54) is 106 Å². The van der Waals surface area contributed by atoms with Gasteiger partial charge in [-0.2, -0.15) is 0 Å². The van der Waals surface area contributed by atoms with Crippen molar-refractivity contribution in [3.63, 3.8) is 0 Å². The number of benzene rings is 9. The second-order valence-electron chi connectivity index (χ2n) is 13.5. The molecule has 0 saturated heterocycles. The SMILES string of the molecule is c1ccc(-c2sc3ccc4sc5c(-c6c7ccccc7c(-c7cccc8ccccc78)c7ccccc67)cccc5c4c3c2-c2ccccc2)cc1. The van der Waals surface area contributed by atoms with E-state index in [1.54, 1.807) is 0 Å². The van der Waals surface area contributed by atoms with Crippen LogP contribution in [-0.2, 0) is 0 Å². The quantitative estimate of drug-likeness (QED) is 0.161. The van der Waals surface area contributed by atoms with Gasteiger partial charge in [-0.1, -0.05) is 170 Å². The summed E-state index contributed by atoms with van der Waals surface area (Å²) in [5.41, 5.74) is 9.04. The minimum atomic E-state index is 1.26. The summed E-state index contributed by atoms with van der Waals surface area (Å²) in [4.78, 5) is 1.32. The maximum Gasteiger partial charge on any atom is 0.0434 e. The van der Waals surface area contributed by atoms with Crippen LogP contribution in [0.3, 0.4) is 0 Å². The lowest BCUT2D eigenvalue weighted by atomic mass is 9.84. The van der Waals surface area contributed by atoms with E-state index in [1.807, 2.05) is 22.7 Å². The molecule has 0 amide bonds. The molecule has 2 heteroatoms. The number of thiophene rings is 2. The molecule has 0 N–H and O–H groups in total. The van der Waals surface area contributed by atoms with Gasteiger partial charge in [-0.15, -0.1) is 22.7 Å². The molecule has 2 aromatic heterocycles. The van der Waals surface area contributed by atoms with E-state index in [9.17, 15) is 0 Å². The van der Waals surface area contributed by atoms with Crippen molar-refractivity contribution in [3.8, 4) is 43.8 Å². The third-order valence-corrected chi connectivity index (χ3v) is 13.1. The Kier molecular flexibility index (Phi) is 6.70. The lowest BCUT2D eigenvalue weighted by Gasteiger charge is -2.19. The van der Waals surface area contributed by atoms with Crippen molar-refractivity contribution in [3.05, 3.63) is 182 Å². The summed E-state index contributed by atoms with van der Waals surface area (Å²) < 4.78 is 3.99. The van der Waals surface area contributed by atoms with Gasteiger partial charge in [0, 0.05) is 46.3 Å². The fourth-order valence-electron chi connectivity index (χ4n) is 8.50. The van der Waals surface area contributed by atoms with E-state index in [0.29, 0.717) is 0 Å². The van der Waals surface area contributed by atoms with Crippen LogP contribution in [-0.4, -0.2) is 0 Å². The minimum Gasteiger partial charge on any atom is -0.135 e. The lowest BCUT2D eigenvalue weighted by Crippen LogP contribution is -1.91. The van der Waals surface area contributed by atoms with Gasteiger partial charge in [0.15, 0.2) is 0 Å². The van der Waals surface area contributed by atoms with Gasteiger partial charge < -0.3 is 0 Å². The van der Waals surface area contributed by atoms with Crippen LogP contribution in [0.4, 0.5) is 0 Å². The molecule has 2 heterocycles. The lowest BCUT2D eigenvalue weighted by molar-refractivity contribution is 1.66. The van der Waals surface area contributed by atoms with Crippen LogP contribution in [0.5, 0.6) is 0 Å². The Hall–Kier alpha value is -6.06. The first-order chi connectivity index (χ1) is 25.8. The second kappa shape index (κ2) is 11.7. The fraction of sp³-hybridized carbons (Fsp3) is 0. The van der Waals surface area contributed by atoms with Gasteiger partial charge in [-0.05, 0) is 72.3 Å². The van der Waals surface area contributed by atoms with Gasteiger partial charge >= 0.3 is 0 Å². The molecule has 11 rings (SSSR count). The third-order valence-electron chi connectivity index (χ3n) is 10.7. The maximum absolute atomic E-state index is 2.35. The van der Waals surface area contributed by atoms with Crippen molar-refractivity contribution in [2.45, 2.75) is 0 Å². The second-order valence-corrected chi connectivity index (χ2v) is 15.6. The number of fused-ring (bicyclic) bond motifs is 8. The van der Waals surface area contributed by atoms with Gasteiger partial charge in [-0.25, -0.2) is 0 Å². The van der Waals surface area contributed by atoms with E-state index in [-0.39, 0.29) is 0 Å².